The highest BCUT2D eigenvalue weighted by molar-refractivity contribution is 5.70. The lowest BCUT2D eigenvalue weighted by Crippen LogP contribution is -2.39. The molecular weight excluding hydrogens is 228 g/mol. The quantitative estimate of drug-likeness (QED) is 0.794. The predicted molar refractivity (Wildman–Crippen MR) is 71.4 cm³/mol. The van der Waals surface area contributed by atoms with Gasteiger partial charge in [-0.3, -0.25) is 4.79 Å². The minimum atomic E-state index is -0.660. The van der Waals surface area contributed by atoms with Crippen molar-refractivity contribution >= 4 is 11.7 Å². The van der Waals surface area contributed by atoms with E-state index in [1.165, 1.54) is 5.56 Å². The maximum Gasteiger partial charge on any atom is 0.307 e. The van der Waals surface area contributed by atoms with E-state index in [-0.39, 0.29) is 5.92 Å². The first-order valence-electron chi connectivity index (χ1n) is 6.45. The Hall–Kier alpha value is -1.55. The van der Waals surface area contributed by atoms with Crippen LogP contribution in [0.1, 0.15) is 18.4 Å². The zero-order valence-electron chi connectivity index (χ0n) is 10.5. The Bertz CT molecular complexity index is 403. The second-order valence-electron chi connectivity index (χ2n) is 4.97. The summed E-state index contributed by atoms with van der Waals surface area (Å²) in [6.07, 6.45) is 2.75. The molecule has 0 saturated carbocycles. The number of carbonyl (C=O) groups is 1. The number of carboxylic acids is 1. The van der Waals surface area contributed by atoms with Crippen molar-refractivity contribution in [2.75, 3.05) is 25.4 Å². The minimum absolute atomic E-state index is 0.190. The van der Waals surface area contributed by atoms with E-state index in [0.29, 0.717) is 6.54 Å². The highest BCUT2D eigenvalue weighted by Crippen LogP contribution is 2.17. The van der Waals surface area contributed by atoms with Crippen LogP contribution in [0.2, 0.25) is 0 Å². The number of piperidine rings is 1. The fraction of sp³-hybridized carbons (Fsp3) is 0.500. The van der Waals surface area contributed by atoms with Crippen LogP contribution >= 0.6 is 0 Å². The number of aliphatic carboxylic acids is 1. The topological polar surface area (TPSA) is 66.6 Å². The number of nitrogens with two attached hydrogens (primary N) is 1. The normalized spacial score (nSPS) is 20.8. The number of carboxylic acid groups (broad SMARTS) is 1. The Morgan fingerprint density at radius 1 is 1.39 bits per heavy atom. The van der Waals surface area contributed by atoms with Crippen LogP contribution in [0.25, 0.3) is 0 Å². The molecule has 3 N–H and O–H groups in total. The smallest absolute Gasteiger partial charge is 0.307 e. The fourth-order valence-corrected chi connectivity index (χ4v) is 2.43. The van der Waals surface area contributed by atoms with E-state index in [9.17, 15) is 4.79 Å². The largest absolute Gasteiger partial charge is 0.481 e. The number of rotatable bonds is 4. The third-order valence-electron chi connectivity index (χ3n) is 3.55. The van der Waals surface area contributed by atoms with Crippen LogP contribution in [-0.2, 0) is 11.2 Å². The Labute approximate surface area is 107 Å². The molecule has 0 amide bonds. The van der Waals surface area contributed by atoms with Gasteiger partial charge in [-0.05, 0) is 43.5 Å². The highest BCUT2D eigenvalue weighted by Gasteiger charge is 2.24. The van der Waals surface area contributed by atoms with E-state index in [1.807, 2.05) is 24.3 Å². The van der Waals surface area contributed by atoms with Gasteiger partial charge >= 0.3 is 5.97 Å². The average Bonchev–Trinajstić information content (AvgIpc) is 2.38. The van der Waals surface area contributed by atoms with Gasteiger partial charge in [0.1, 0.15) is 0 Å². The number of likely N-dealkylation sites (tertiary alicyclic amines) is 1. The standard InChI is InChI=1S/C14H20N2O2/c15-13-5-3-11(4-6-13)7-9-16-8-1-2-12(10-16)14(17)18/h3-6,12H,1-2,7-10,15H2,(H,17,18)/t12-/m1/s1. The lowest BCUT2D eigenvalue weighted by atomic mass is 9.98. The number of hydrogen-bond donors (Lipinski definition) is 2. The van der Waals surface area contributed by atoms with Gasteiger partial charge in [0.2, 0.25) is 0 Å². The third kappa shape index (κ3) is 3.47. The molecule has 0 aliphatic carbocycles. The lowest BCUT2D eigenvalue weighted by molar-refractivity contribution is -0.143. The summed E-state index contributed by atoms with van der Waals surface area (Å²) in [5.41, 5.74) is 7.67. The van der Waals surface area contributed by atoms with Crippen molar-refractivity contribution in [3.8, 4) is 0 Å². The summed E-state index contributed by atoms with van der Waals surface area (Å²) < 4.78 is 0. The predicted octanol–water partition coefficient (Wildman–Crippen LogP) is 1.61. The van der Waals surface area contributed by atoms with Crippen LogP contribution in [0.4, 0.5) is 5.69 Å². The first-order chi connectivity index (χ1) is 8.65. The van der Waals surface area contributed by atoms with E-state index in [4.69, 9.17) is 10.8 Å². The summed E-state index contributed by atoms with van der Waals surface area (Å²) in [6.45, 7) is 2.62. The van der Waals surface area contributed by atoms with Crippen LogP contribution in [-0.4, -0.2) is 35.6 Å². The molecule has 1 atom stereocenters. The molecule has 98 valence electrons. The van der Waals surface area contributed by atoms with Gasteiger partial charge in [-0.15, -0.1) is 0 Å². The van der Waals surface area contributed by atoms with Gasteiger partial charge in [0.25, 0.3) is 0 Å². The molecule has 1 aromatic carbocycles. The number of nitrogens with zero attached hydrogens (tertiary/aromatic N) is 1. The summed E-state index contributed by atoms with van der Waals surface area (Å²) in [4.78, 5) is 13.2. The molecule has 0 aromatic heterocycles. The van der Waals surface area contributed by atoms with Crippen LogP contribution in [0.15, 0.2) is 24.3 Å². The molecule has 1 saturated heterocycles. The minimum Gasteiger partial charge on any atom is -0.481 e. The average molecular weight is 248 g/mol. The SMILES string of the molecule is Nc1ccc(CCN2CCC[C@@H](C(=O)O)C2)cc1. The van der Waals surface area contributed by atoms with Crippen LogP contribution in [0, 0.1) is 5.92 Å². The first-order valence-corrected chi connectivity index (χ1v) is 6.45. The van der Waals surface area contributed by atoms with Crippen molar-refractivity contribution in [3.63, 3.8) is 0 Å². The molecular formula is C14H20N2O2. The molecule has 1 heterocycles. The molecule has 0 bridgehead atoms. The summed E-state index contributed by atoms with van der Waals surface area (Å²) >= 11 is 0. The van der Waals surface area contributed by atoms with Gasteiger partial charge in [0.15, 0.2) is 0 Å². The van der Waals surface area contributed by atoms with Crippen molar-refractivity contribution in [1.29, 1.82) is 0 Å². The molecule has 0 unspecified atom stereocenters. The van der Waals surface area contributed by atoms with Crippen molar-refractivity contribution in [1.82, 2.24) is 4.90 Å². The number of nitrogen functional groups attached to an aromatic ring is 1. The third-order valence-corrected chi connectivity index (χ3v) is 3.55. The van der Waals surface area contributed by atoms with E-state index >= 15 is 0 Å². The van der Waals surface area contributed by atoms with Crippen molar-refractivity contribution < 1.29 is 9.90 Å². The van der Waals surface area contributed by atoms with Crippen molar-refractivity contribution in [2.24, 2.45) is 5.92 Å². The zero-order chi connectivity index (χ0) is 13.0. The molecule has 0 radical (unpaired) electrons. The van der Waals surface area contributed by atoms with Gasteiger partial charge in [0.05, 0.1) is 5.92 Å². The maximum atomic E-state index is 11.0. The van der Waals surface area contributed by atoms with Gasteiger partial charge < -0.3 is 15.7 Å². The number of hydrogen-bond acceptors (Lipinski definition) is 3. The monoisotopic (exact) mass is 248 g/mol. The second kappa shape index (κ2) is 5.87. The van der Waals surface area contributed by atoms with Gasteiger partial charge in [-0.2, -0.15) is 0 Å². The molecule has 1 aromatic rings. The summed E-state index contributed by atoms with van der Waals surface area (Å²) in [6, 6.07) is 7.89. The molecule has 1 aliphatic heterocycles. The molecule has 4 heteroatoms. The van der Waals surface area contributed by atoms with Gasteiger partial charge in [-0.25, -0.2) is 0 Å². The summed E-state index contributed by atoms with van der Waals surface area (Å²) in [5.74, 6) is -0.850. The van der Waals surface area contributed by atoms with E-state index in [1.54, 1.807) is 0 Å². The van der Waals surface area contributed by atoms with E-state index in [0.717, 1.165) is 38.0 Å². The van der Waals surface area contributed by atoms with E-state index < -0.39 is 5.97 Å². The fourth-order valence-electron chi connectivity index (χ4n) is 2.43. The second-order valence-corrected chi connectivity index (χ2v) is 4.97. The van der Waals surface area contributed by atoms with Crippen LogP contribution in [0.3, 0.4) is 0 Å². The zero-order valence-corrected chi connectivity index (χ0v) is 10.5. The molecule has 1 fully saturated rings. The van der Waals surface area contributed by atoms with Crippen molar-refractivity contribution in [3.05, 3.63) is 29.8 Å². The van der Waals surface area contributed by atoms with Gasteiger partial charge in [-0.1, -0.05) is 12.1 Å². The molecule has 18 heavy (non-hydrogen) atoms. The molecule has 0 spiro atoms. The number of benzene rings is 1. The number of anilines is 1. The van der Waals surface area contributed by atoms with E-state index in [2.05, 4.69) is 4.90 Å². The summed E-state index contributed by atoms with van der Waals surface area (Å²) in [7, 11) is 0. The summed E-state index contributed by atoms with van der Waals surface area (Å²) in [5, 5.41) is 9.03. The van der Waals surface area contributed by atoms with Crippen LogP contribution < -0.4 is 5.73 Å². The first kappa shape index (κ1) is 12.9. The highest BCUT2D eigenvalue weighted by atomic mass is 16.4. The lowest BCUT2D eigenvalue weighted by Gasteiger charge is -2.30. The Balaban J connectivity index is 1.82. The van der Waals surface area contributed by atoms with Crippen molar-refractivity contribution in [2.45, 2.75) is 19.3 Å². The Morgan fingerprint density at radius 3 is 2.78 bits per heavy atom. The molecule has 1 aliphatic rings. The maximum absolute atomic E-state index is 11.0. The Morgan fingerprint density at radius 2 is 2.11 bits per heavy atom. The molecule has 2 rings (SSSR count). The molecule has 4 nitrogen and oxygen atoms in total. The van der Waals surface area contributed by atoms with Crippen LogP contribution in [0.5, 0.6) is 0 Å². The Kier molecular flexibility index (Phi) is 4.20. The van der Waals surface area contributed by atoms with Gasteiger partial charge in [0, 0.05) is 18.8 Å².